The summed E-state index contributed by atoms with van der Waals surface area (Å²) in [6.45, 7) is 4.27. The number of carbonyl (C=O) groups is 1. The largest absolute Gasteiger partial charge is 0.350 e. The minimum absolute atomic E-state index is 0.00775. The van der Waals surface area contributed by atoms with Crippen LogP contribution in [-0.4, -0.2) is 11.4 Å². The number of thiophene rings is 1. The van der Waals surface area contributed by atoms with Gasteiger partial charge in [-0.3, -0.25) is 4.79 Å². The Hall–Kier alpha value is -0.350. The Morgan fingerprint density at radius 1 is 1.62 bits per heavy atom. The maximum Gasteiger partial charge on any atom is 0.220 e. The molecule has 1 saturated heterocycles. The second-order valence-corrected chi connectivity index (χ2v) is 6.67. The molecule has 0 spiro atoms. The Kier molecular flexibility index (Phi) is 3.40. The van der Waals surface area contributed by atoms with E-state index in [4.69, 9.17) is 0 Å². The fourth-order valence-electron chi connectivity index (χ4n) is 2.23. The molecule has 0 radical (unpaired) electrons. The van der Waals surface area contributed by atoms with Gasteiger partial charge in [0.15, 0.2) is 0 Å². The molecule has 1 fully saturated rings. The zero-order valence-electron chi connectivity index (χ0n) is 9.60. The average molecular weight is 302 g/mol. The Labute approximate surface area is 109 Å². The number of carbonyl (C=O) groups excluding carboxylic acids is 1. The molecule has 88 valence electrons. The molecule has 0 bridgehead atoms. The first-order valence-electron chi connectivity index (χ1n) is 5.60. The van der Waals surface area contributed by atoms with Gasteiger partial charge in [0.25, 0.3) is 0 Å². The van der Waals surface area contributed by atoms with Gasteiger partial charge >= 0.3 is 0 Å². The fraction of sp³-hybridized carbons (Fsp3) is 0.583. The molecule has 1 aromatic rings. The lowest BCUT2D eigenvalue weighted by atomic mass is 9.90. The molecule has 0 aliphatic carbocycles. The van der Waals surface area contributed by atoms with Crippen molar-refractivity contribution < 1.29 is 4.79 Å². The highest BCUT2D eigenvalue weighted by molar-refractivity contribution is 9.10. The van der Waals surface area contributed by atoms with Crippen LogP contribution in [0.3, 0.4) is 0 Å². The van der Waals surface area contributed by atoms with E-state index in [0.29, 0.717) is 6.42 Å². The minimum atomic E-state index is 0.00775. The van der Waals surface area contributed by atoms with Crippen LogP contribution < -0.4 is 5.32 Å². The highest BCUT2D eigenvalue weighted by Crippen LogP contribution is 2.33. The van der Waals surface area contributed by atoms with E-state index in [2.05, 4.69) is 41.2 Å². The smallest absolute Gasteiger partial charge is 0.220 e. The van der Waals surface area contributed by atoms with Gasteiger partial charge in [0.1, 0.15) is 0 Å². The summed E-state index contributed by atoms with van der Waals surface area (Å²) < 4.78 is 1.18. The molecule has 2 heterocycles. The molecule has 1 unspecified atom stereocenters. The number of hydrogen-bond acceptors (Lipinski definition) is 2. The number of halogens is 1. The van der Waals surface area contributed by atoms with Crippen molar-refractivity contribution in [2.45, 2.75) is 45.1 Å². The first-order valence-corrected chi connectivity index (χ1v) is 7.21. The van der Waals surface area contributed by atoms with Gasteiger partial charge in [-0.1, -0.05) is 6.92 Å². The Morgan fingerprint density at radius 3 is 2.81 bits per heavy atom. The zero-order valence-corrected chi connectivity index (χ0v) is 12.0. The number of aryl methyl sites for hydroxylation is 1. The second kappa shape index (κ2) is 4.49. The number of amides is 1. The van der Waals surface area contributed by atoms with Crippen LogP contribution in [0.5, 0.6) is 0 Å². The van der Waals surface area contributed by atoms with Crippen LogP contribution in [0.4, 0.5) is 0 Å². The van der Waals surface area contributed by atoms with Gasteiger partial charge in [0.05, 0.1) is 0 Å². The summed E-state index contributed by atoms with van der Waals surface area (Å²) in [6, 6.07) is 2.18. The lowest BCUT2D eigenvalue weighted by molar-refractivity contribution is -0.119. The topological polar surface area (TPSA) is 29.1 Å². The van der Waals surface area contributed by atoms with Gasteiger partial charge < -0.3 is 5.32 Å². The molecule has 1 N–H and O–H groups in total. The molecule has 2 rings (SSSR count). The number of rotatable bonds is 3. The van der Waals surface area contributed by atoms with Crippen molar-refractivity contribution in [3.8, 4) is 0 Å². The summed E-state index contributed by atoms with van der Waals surface area (Å²) in [5.41, 5.74) is 0.00775. The number of hydrogen-bond donors (Lipinski definition) is 1. The maximum absolute atomic E-state index is 11.4. The minimum Gasteiger partial charge on any atom is -0.350 e. The van der Waals surface area contributed by atoms with Gasteiger partial charge in [-0.2, -0.15) is 0 Å². The van der Waals surface area contributed by atoms with Crippen molar-refractivity contribution in [2.24, 2.45) is 0 Å². The van der Waals surface area contributed by atoms with E-state index in [1.54, 1.807) is 0 Å². The average Bonchev–Trinajstić information content (AvgIpc) is 2.73. The van der Waals surface area contributed by atoms with Crippen LogP contribution in [0.1, 0.15) is 35.9 Å². The van der Waals surface area contributed by atoms with E-state index in [-0.39, 0.29) is 11.4 Å². The summed E-state index contributed by atoms with van der Waals surface area (Å²) in [7, 11) is 0. The second-order valence-electron chi connectivity index (χ2n) is 4.48. The van der Waals surface area contributed by atoms with E-state index in [0.717, 1.165) is 19.3 Å². The highest BCUT2D eigenvalue weighted by atomic mass is 79.9. The van der Waals surface area contributed by atoms with Crippen LogP contribution in [0.15, 0.2) is 10.5 Å². The molecule has 1 aliphatic rings. The molecular weight excluding hydrogens is 286 g/mol. The summed E-state index contributed by atoms with van der Waals surface area (Å²) in [4.78, 5) is 14.0. The van der Waals surface area contributed by atoms with Crippen LogP contribution in [-0.2, 0) is 11.2 Å². The van der Waals surface area contributed by atoms with Crippen LogP contribution in [0.2, 0.25) is 0 Å². The van der Waals surface area contributed by atoms with Crippen molar-refractivity contribution in [1.82, 2.24) is 5.32 Å². The monoisotopic (exact) mass is 301 g/mol. The van der Waals surface area contributed by atoms with Crippen molar-refractivity contribution in [1.29, 1.82) is 0 Å². The molecule has 0 saturated carbocycles. The van der Waals surface area contributed by atoms with E-state index >= 15 is 0 Å². The molecule has 1 aromatic heterocycles. The predicted molar refractivity (Wildman–Crippen MR) is 70.9 cm³/mol. The van der Waals surface area contributed by atoms with Crippen molar-refractivity contribution in [3.05, 3.63) is 20.3 Å². The normalized spacial score (nSPS) is 24.8. The summed E-state index contributed by atoms with van der Waals surface area (Å²) in [6.07, 6.45) is 3.62. The standard InChI is InChI=1S/C12H16BrNOS/c1-3-12(5-4-11(15)14-12)7-9-6-10(13)8(2)16-9/h6H,3-5,7H2,1-2H3,(H,14,15). The molecule has 16 heavy (non-hydrogen) atoms. The fourth-order valence-corrected chi connectivity index (χ4v) is 3.98. The predicted octanol–water partition coefficient (Wildman–Crippen LogP) is 3.42. The number of nitrogens with one attached hydrogen (secondary N) is 1. The molecule has 2 nitrogen and oxygen atoms in total. The summed E-state index contributed by atoms with van der Waals surface area (Å²) in [5.74, 6) is 0.203. The van der Waals surface area contributed by atoms with E-state index in [1.165, 1.54) is 14.2 Å². The Morgan fingerprint density at radius 2 is 2.38 bits per heavy atom. The molecule has 1 aliphatic heterocycles. The van der Waals surface area contributed by atoms with E-state index < -0.39 is 0 Å². The van der Waals surface area contributed by atoms with Crippen LogP contribution >= 0.6 is 27.3 Å². The first-order chi connectivity index (χ1) is 7.54. The summed E-state index contributed by atoms with van der Waals surface area (Å²) >= 11 is 5.36. The highest BCUT2D eigenvalue weighted by Gasteiger charge is 2.36. The maximum atomic E-state index is 11.4. The lowest BCUT2D eigenvalue weighted by Crippen LogP contribution is -2.42. The van der Waals surface area contributed by atoms with Crippen LogP contribution in [0, 0.1) is 6.92 Å². The van der Waals surface area contributed by atoms with Crippen molar-refractivity contribution in [3.63, 3.8) is 0 Å². The third kappa shape index (κ3) is 2.33. The van der Waals surface area contributed by atoms with Gasteiger partial charge in [0.2, 0.25) is 5.91 Å². The van der Waals surface area contributed by atoms with E-state index in [9.17, 15) is 4.79 Å². The Bertz CT molecular complexity index is 396. The zero-order chi connectivity index (χ0) is 11.8. The SMILES string of the molecule is CCC1(Cc2cc(Br)c(C)s2)CCC(=O)N1. The third-order valence-corrected chi connectivity index (χ3v) is 5.47. The van der Waals surface area contributed by atoms with Crippen molar-refractivity contribution in [2.75, 3.05) is 0 Å². The first kappa shape index (κ1) is 12.1. The third-order valence-electron chi connectivity index (χ3n) is 3.33. The molecular formula is C12H16BrNOS. The van der Waals surface area contributed by atoms with E-state index in [1.807, 2.05) is 11.3 Å². The molecule has 4 heteroatoms. The van der Waals surface area contributed by atoms with Gasteiger partial charge in [-0.05, 0) is 41.8 Å². The molecule has 0 aromatic carbocycles. The van der Waals surface area contributed by atoms with Gasteiger partial charge in [-0.25, -0.2) is 0 Å². The molecule has 1 amide bonds. The lowest BCUT2D eigenvalue weighted by Gasteiger charge is -2.27. The van der Waals surface area contributed by atoms with Crippen molar-refractivity contribution >= 4 is 33.2 Å². The quantitative estimate of drug-likeness (QED) is 0.910. The molecule has 1 atom stereocenters. The van der Waals surface area contributed by atoms with Gasteiger partial charge in [-0.15, -0.1) is 11.3 Å². The van der Waals surface area contributed by atoms with Gasteiger partial charge in [0, 0.05) is 32.6 Å². The summed E-state index contributed by atoms with van der Waals surface area (Å²) in [5, 5.41) is 3.15. The van der Waals surface area contributed by atoms with Crippen LogP contribution in [0.25, 0.3) is 0 Å². The Balaban J connectivity index is 2.16.